The first-order valence-electron chi connectivity index (χ1n) is 7.87. The number of hydrogen-bond acceptors (Lipinski definition) is 4. The van der Waals surface area contributed by atoms with Crippen LogP contribution in [0.15, 0.2) is 0 Å². The fraction of sp³-hybridized carbons (Fsp3) is 0.867. The molecule has 118 valence electrons. The first kappa shape index (κ1) is 14.8. The van der Waals surface area contributed by atoms with E-state index in [1.54, 1.807) is 7.11 Å². The number of piperidine rings is 1. The van der Waals surface area contributed by atoms with E-state index in [0.717, 1.165) is 19.3 Å². The minimum Gasteiger partial charge on any atom is -0.383 e. The van der Waals surface area contributed by atoms with Crippen LogP contribution in [-0.4, -0.2) is 62.8 Å². The highest BCUT2D eigenvalue weighted by atomic mass is 16.5. The van der Waals surface area contributed by atoms with Crippen LogP contribution in [0, 0.1) is 17.8 Å². The fourth-order valence-electron chi connectivity index (χ4n) is 3.43. The molecule has 0 radical (unpaired) electrons. The number of fused-ring (bicyclic) bond motifs is 1. The third kappa shape index (κ3) is 3.21. The average Bonchev–Trinajstić information content (AvgIpc) is 3.23. The zero-order chi connectivity index (χ0) is 14.8. The molecule has 1 aliphatic carbocycles. The van der Waals surface area contributed by atoms with Gasteiger partial charge in [0.05, 0.1) is 18.6 Å². The minimum absolute atomic E-state index is 0.0274. The fourth-order valence-corrected chi connectivity index (χ4v) is 3.43. The van der Waals surface area contributed by atoms with Gasteiger partial charge in [0.1, 0.15) is 0 Å². The summed E-state index contributed by atoms with van der Waals surface area (Å²) in [5.41, 5.74) is 0. The van der Waals surface area contributed by atoms with Gasteiger partial charge in [0.25, 0.3) is 0 Å². The van der Waals surface area contributed by atoms with Crippen LogP contribution >= 0.6 is 0 Å². The Kier molecular flexibility index (Phi) is 4.45. The monoisotopic (exact) mass is 296 g/mol. The van der Waals surface area contributed by atoms with Crippen LogP contribution < -0.4 is 5.32 Å². The minimum atomic E-state index is -0.147. The molecule has 0 bridgehead atoms. The lowest BCUT2D eigenvalue weighted by Gasteiger charge is -2.39. The van der Waals surface area contributed by atoms with Crippen LogP contribution in [0.5, 0.6) is 0 Å². The smallest absolute Gasteiger partial charge is 0.225 e. The van der Waals surface area contributed by atoms with E-state index in [9.17, 15) is 9.59 Å². The molecule has 3 aliphatic rings. The molecule has 0 aromatic carbocycles. The standard InChI is InChI=1S/C15H24N2O4/c1-20-7-5-16-14(18)12-8-17(15(19)10-2-3-10)9-13-11(12)4-6-21-13/h10-13H,2-9H2,1H3,(H,16,18)/t11-,12-,13+/m0/s1. The molecule has 1 saturated carbocycles. The number of methoxy groups -OCH3 is 1. The Labute approximate surface area is 125 Å². The molecule has 6 heteroatoms. The number of ether oxygens (including phenoxy) is 2. The Balaban J connectivity index is 1.64. The summed E-state index contributed by atoms with van der Waals surface area (Å²) in [6, 6.07) is 0. The van der Waals surface area contributed by atoms with Crippen molar-refractivity contribution in [2.45, 2.75) is 25.4 Å². The van der Waals surface area contributed by atoms with Gasteiger partial charge in [-0.2, -0.15) is 0 Å². The van der Waals surface area contributed by atoms with Crippen molar-refractivity contribution in [3.63, 3.8) is 0 Å². The second-order valence-electron chi connectivity index (χ2n) is 6.27. The third-order valence-electron chi connectivity index (χ3n) is 4.78. The lowest BCUT2D eigenvalue weighted by atomic mass is 9.82. The van der Waals surface area contributed by atoms with Crippen molar-refractivity contribution in [2.75, 3.05) is 40.0 Å². The van der Waals surface area contributed by atoms with Gasteiger partial charge in [-0.15, -0.1) is 0 Å². The molecule has 1 N–H and O–H groups in total. The molecule has 0 aromatic rings. The van der Waals surface area contributed by atoms with Gasteiger partial charge in [-0.1, -0.05) is 0 Å². The molecule has 3 rings (SSSR count). The molecule has 2 saturated heterocycles. The summed E-state index contributed by atoms with van der Waals surface area (Å²) in [6.07, 6.45) is 2.93. The molecule has 2 heterocycles. The molecule has 3 fully saturated rings. The van der Waals surface area contributed by atoms with Gasteiger partial charge in [-0.05, 0) is 19.3 Å². The normalized spacial score (nSPS) is 31.9. The number of likely N-dealkylation sites (tertiary alicyclic amines) is 1. The number of carbonyl (C=O) groups is 2. The molecule has 3 atom stereocenters. The molecule has 6 nitrogen and oxygen atoms in total. The van der Waals surface area contributed by atoms with Crippen molar-refractivity contribution in [1.29, 1.82) is 0 Å². The maximum atomic E-state index is 12.4. The van der Waals surface area contributed by atoms with Crippen LogP contribution in [0.25, 0.3) is 0 Å². The number of nitrogens with one attached hydrogen (secondary N) is 1. The van der Waals surface area contributed by atoms with Gasteiger partial charge in [-0.25, -0.2) is 0 Å². The van der Waals surface area contributed by atoms with Crippen molar-refractivity contribution in [3.8, 4) is 0 Å². The summed E-state index contributed by atoms with van der Waals surface area (Å²) in [6.45, 7) is 2.91. The SMILES string of the molecule is COCCNC(=O)[C@H]1CN(C(=O)C2CC2)C[C@H]2OCC[C@@H]12. The van der Waals surface area contributed by atoms with Crippen LogP contribution in [0.2, 0.25) is 0 Å². The van der Waals surface area contributed by atoms with E-state index in [0.29, 0.717) is 32.8 Å². The van der Waals surface area contributed by atoms with Crippen molar-refractivity contribution in [3.05, 3.63) is 0 Å². The quantitative estimate of drug-likeness (QED) is 0.727. The first-order valence-corrected chi connectivity index (χ1v) is 7.87. The predicted molar refractivity (Wildman–Crippen MR) is 75.5 cm³/mol. The zero-order valence-corrected chi connectivity index (χ0v) is 12.5. The Bertz CT molecular complexity index is 410. The highest BCUT2D eigenvalue weighted by molar-refractivity contribution is 5.84. The van der Waals surface area contributed by atoms with E-state index in [-0.39, 0.29) is 35.7 Å². The zero-order valence-electron chi connectivity index (χ0n) is 12.5. The molecule has 21 heavy (non-hydrogen) atoms. The van der Waals surface area contributed by atoms with Crippen molar-refractivity contribution < 1.29 is 19.1 Å². The number of hydrogen-bond donors (Lipinski definition) is 1. The average molecular weight is 296 g/mol. The Morgan fingerprint density at radius 1 is 1.29 bits per heavy atom. The highest BCUT2D eigenvalue weighted by Gasteiger charge is 2.46. The summed E-state index contributed by atoms with van der Waals surface area (Å²) < 4.78 is 10.7. The van der Waals surface area contributed by atoms with Gasteiger partial charge in [0.2, 0.25) is 11.8 Å². The van der Waals surface area contributed by atoms with Crippen LogP contribution in [0.3, 0.4) is 0 Å². The summed E-state index contributed by atoms with van der Waals surface area (Å²) >= 11 is 0. The van der Waals surface area contributed by atoms with Crippen molar-refractivity contribution >= 4 is 11.8 Å². The predicted octanol–water partition coefficient (Wildman–Crippen LogP) is 0.0225. The number of amides is 2. The maximum absolute atomic E-state index is 12.4. The molecule has 0 aromatic heterocycles. The summed E-state index contributed by atoms with van der Waals surface area (Å²) in [5.74, 6) is 0.529. The second kappa shape index (κ2) is 6.32. The van der Waals surface area contributed by atoms with E-state index >= 15 is 0 Å². The van der Waals surface area contributed by atoms with Gasteiger partial charge in [0, 0.05) is 45.2 Å². The van der Waals surface area contributed by atoms with Gasteiger partial charge >= 0.3 is 0 Å². The van der Waals surface area contributed by atoms with Crippen molar-refractivity contribution in [2.24, 2.45) is 17.8 Å². The van der Waals surface area contributed by atoms with E-state index in [2.05, 4.69) is 5.32 Å². The number of nitrogens with zero attached hydrogens (tertiary/aromatic N) is 1. The topological polar surface area (TPSA) is 67.9 Å². The highest BCUT2D eigenvalue weighted by Crippen LogP contribution is 2.37. The van der Waals surface area contributed by atoms with Crippen LogP contribution in [0.1, 0.15) is 19.3 Å². The lowest BCUT2D eigenvalue weighted by molar-refractivity contribution is -0.142. The molecule has 2 aliphatic heterocycles. The lowest BCUT2D eigenvalue weighted by Crippen LogP contribution is -2.54. The van der Waals surface area contributed by atoms with E-state index in [1.807, 2.05) is 4.90 Å². The second-order valence-corrected chi connectivity index (χ2v) is 6.27. The molecule has 0 spiro atoms. The number of carbonyl (C=O) groups excluding carboxylic acids is 2. The van der Waals surface area contributed by atoms with Crippen molar-refractivity contribution in [1.82, 2.24) is 10.2 Å². The third-order valence-corrected chi connectivity index (χ3v) is 4.78. The van der Waals surface area contributed by atoms with E-state index < -0.39 is 0 Å². The van der Waals surface area contributed by atoms with E-state index in [1.165, 1.54) is 0 Å². The molecule has 0 unspecified atom stereocenters. The molecule has 2 amide bonds. The summed E-state index contributed by atoms with van der Waals surface area (Å²) in [5, 5.41) is 2.91. The van der Waals surface area contributed by atoms with E-state index in [4.69, 9.17) is 9.47 Å². The number of rotatable bonds is 5. The van der Waals surface area contributed by atoms with Crippen LogP contribution in [0.4, 0.5) is 0 Å². The van der Waals surface area contributed by atoms with Gasteiger partial charge in [0.15, 0.2) is 0 Å². The Hall–Kier alpha value is -1.14. The Morgan fingerprint density at radius 2 is 2.10 bits per heavy atom. The molecular formula is C15H24N2O4. The summed E-state index contributed by atoms with van der Waals surface area (Å²) in [4.78, 5) is 26.6. The largest absolute Gasteiger partial charge is 0.383 e. The maximum Gasteiger partial charge on any atom is 0.225 e. The molecular weight excluding hydrogens is 272 g/mol. The van der Waals surface area contributed by atoms with Gasteiger partial charge in [-0.3, -0.25) is 9.59 Å². The summed E-state index contributed by atoms with van der Waals surface area (Å²) in [7, 11) is 1.61. The van der Waals surface area contributed by atoms with Gasteiger partial charge < -0.3 is 19.7 Å². The first-order chi connectivity index (χ1) is 10.2. The van der Waals surface area contributed by atoms with Crippen LogP contribution in [-0.2, 0) is 19.1 Å². The Morgan fingerprint density at radius 3 is 2.81 bits per heavy atom.